The van der Waals surface area contributed by atoms with Crippen LogP contribution < -0.4 is 10.6 Å². The van der Waals surface area contributed by atoms with E-state index in [0.29, 0.717) is 10.6 Å². The van der Waals surface area contributed by atoms with Crippen molar-refractivity contribution in [1.29, 1.82) is 0 Å². The van der Waals surface area contributed by atoms with Crippen LogP contribution in [-0.4, -0.2) is 18.4 Å². The fourth-order valence-corrected chi connectivity index (χ4v) is 2.70. The van der Waals surface area contributed by atoms with Crippen LogP contribution in [0.15, 0.2) is 36.4 Å². The van der Waals surface area contributed by atoms with Crippen LogP contribution in [0, 0.1) is 20.8 Å². The summed E-state index contributed by atoms with van der Waals surface area (Å²) in [5.74, 6) is -0.344. The van der Waals surface area contributed by atoms with Gasteiger partial charge in [-0.25, -0.2) is 0 Å². The van der Waals surface area contributed by atoms with E-state index < -0.39 is 0 Å². The molecule has 0 saturated heterocycles. The predicted molar refractivity (Wildman–Crippen MR) is 97.7 cm³/mol. The van der Waals surface area contributed by atoms with Crippen LogP contribution in [0.5, 0.6) is 0 Å². The molecule has 0 fully saturated rings. The Kier molecular flexibility index (Phi) is 5.99. The molecule has 0 aliphatic carbocycles. The third-order valence-electron chi connectivity index (χ3n) is 3.69. The molecule has 0 radical (unpaired) electrons. The van der Waals surface area contributed by atoms with Crippen molar-refractivity contribution >= 4 is 29.1 Å². The van der Waals surface area contributed by atoms with Crippen molar-refractivity contribution in [2.24, 2.45) is 0 Å². The maximum Gasteiger partial charge on any atom is 0.251 e. The van der Waals surface area contributed by atoms with Crippen molar-refractivity contribution in [1.82, 2.24) is 5.32 Å². The van der Waals surface area contributed by atoms with Gasteiger partial charge in [-0.1, -0.05) is 29.3 Å². The first-order valence-corrected chi connectivity index (χ1v) is 8.16. The fraction of sp³-hybridized carbons (Fsp3) is 0.263. The number of hydrogen-bond acceptors (Lipinski definition) is 2. The Morgan fingerprint density at radius 3 is 2.17 bits per heavy atom. The molecular formula is C19H21ClN2O2. The van der Waals surface area contributed by atoms with Gasteiger partial charge in [0.25, 0.3) is 5.91 Å². The monoisotopic (exact) mass is 344 g/mol. The molecule has 2 amide bonds. The number of carbonyl (C=O) groups excluding carboxylic acids is 2. The van der Waals surface area contributed by atoms with Gasteiger partial charge < -0.3 is 10.6 Å². The van der Waals surface area contributed by atoms with E-state index in [1.165, 1.54) is 5.56 Å². The van der Waals surface area contributed by atoms with E-state index in [9.17, 15) is 9.59 Å². The van der Waals surface area contributed by atoms with Crippen LogP contribution in [0.2, 0.25) is 5.02 Å². The first-order valence-electron chi connectivity index (χ1n) is 7.78. The zero-order valence-corrected chi connectivity index (χ0v) is 14.8. The lowest BCUT2D eigenvalue weighted by molar-refractivity contribution is -0.116. The van der Waals surface area contributed by atoms with E-state index in [2.05, 4.69) is 10.6 Å². The lowest BCUT2D eigenvalue weighted by Crippen LogP contribution is -2.27. The van der Waals surface area contributed by atoms with Crippen LogP contribution in [0.4, 0.5) is 5.69 Å². The molecule has 0 aliphatic heterocycles. The van der Waals surface area contributed by atoms with Gasteiger partial charge >= 0.3 is 0 Å². The largest absolute Gasteiger partial charge is 0.352 e. The van der Waals surface area contributed by atoms with E-state index in [0.717, 1.165) is 16.8 Å². The molecule has 0 atom stereocenters. The summed E-state index contributed by atoms with van der Waals surface area (Å²) in [6.45, 7) is 6.24. The standard InChI is InChI=1S/C19H21ClN2O2/c1-12-10-13(2)18(14(3)11-12)22-17(23)8-9-21-19(24)15-4-6-16(20)7-5-15/h4-7,10-11H,8-9H2,1-3H3,(H,21,24)(H,22,23). The minimum absolute atomic E-state index is 0.124. The number of hydrogen-bond donors (Lipinski definition) is 2. The van der Waals surface area contributed by atoms with Gasteiger partial charge in [-0.05, 0) is 56.2 Å². The zero-order valence-electron chi connectivity index (χ0n) is 14.1. The second kappa shape index (κ2) is 7.97. The molecule has 5 heteroatoms. The molecule has 4 nitrogen and oxygen atoms in total. The summed E-state index contributed by atoms with van der Waals surface area (Å²) in [6, 6.07) is 10.7. The van der Waals surface area contributed by atoms with Gasteiger partial charge in [0.15, 0.2) is 0 Å². The molecule has 0 saturated carbocycles. The summed E-state index contributed by atoms with van der Waals surface area (Å²) in [4.78, 5) is 24.0. The molecule has 0 spiro atoms. The van der Waals surface area contributed by atoms with E-state index >= 15 is 0 Å². The van der Waals surface area contributed by atoms with E-state index in [1.807, 2.05) is 32.9 Å². The minimum atomic E-state index is -0.220. The first-order chi connectivity index (χ1) is 11.4. The fourth-order valence-electron chi connectivity index (χ4n) is 2.57. The average molecular weight is 345 g/mol. The average Bonchev–Trinajstić information content (AvgIpc) is 2.51. The Balaban J connectivity index is 1.85. The molecule has 2 rings (SSSR count). The maximum absolute atomic E-state index is 12.1. The van der Waals surface area contributed by atoms with Crippen LogP contribution in [-0.2, 0) is 4.79 Å². The molecule has 126 valence electrons. The quantitative estimate of drug-likeness (QED) is 0.860. The van der Waals surface area contributed by atoms with Crippen LogP contribution >= 0.6 is 11.6 Å². The Bertz CT molecular complexity index is 731. The Morgan fingerprint density at radius 2 is 1.58 bits per heavy atom. The number of rotatable bonds is 5. The number of nitrogens with one attached hydrogen (secondary N) is 2. The molecule has 0 aliphatic rings. The van der Waals surface area contributed by atoms with E-state index in [4.69, 9.17) is 11.6 Å². The van der Waals surface area contributed by atoms with Crippen molar-refractivity contribution < 1.29 is 9.59 Å². The number of amides is 2. The smallest absolute Gasteiger partial charge is 0.251 e. The number of anilines is 1. The van der Waals surface area contributed by atoms with Gasteiger partial charge in [-0.3, -0.25) is 9.59 Å². The van der Waals surface area contributed by atoms with Gasteiger partial charge in [0, 0.05) is 29.2 Å². The van der Waals surface area contributed by atoms with Gasteiger partial charge in [0.2, 0.25) is 5.91 Å². The number of carbonyl (C=O) groups is 2. The number of aryl methyl sites for hydroxylation is 3. The normalized spacial score (nSPS) is 10.3. The second-order valence-electron chi connectivity index (χ2n) is 5.83. The van der Waals surface area contributed by atoms with Gasteiger partial charge in [-0.2, -0.15) is 0 Å². The topological polar surface area (TPSA) is 58.2 Å². The van der Waals surface area contributed by atoms with Crippen molar-refractivity contribution in [3.8, 4) is 0 Å². The highest BCUT2D eigenvalue weighted by Crippen LogP contribution is 2.21. The van der Waals surface area contributed by atoms with Crippen molar-refractivity contribution in [2.75, 3.05) is 11.9 Å². The Hall–Kier alpha value is -2.33. The lowest BCUT2D eigenvalue weighted by Gasteiger charge is -2.13. The molecule has 0 bridgehead atoms. The molecule has 0 unspecified atom stereocenters. The third-order valence-corrected chi connectivity index (χ3v) is 3.94. The van der Waals surface area contributed by atoms with E-state index in [-0.39, 0.29) is 24.8 Å². The molecule has 24 heavy (non-hydrogen) atoms. The lowest BCUT2D eigenvalue weighted by atomic mass is 10.1. The highest BCUT2D eigenvalue weighted by Gasteiger charge is 2.10. The molecular weight excluding hydrogens is 324 g/mol. The summed E-state index contributed by atoms with van der Waals surface area (Å²) >= 11 is 5.79. The number of halogens is 1. The summed E-state index contributed by atoms with van der Waals surface area (Å²) in [6.07, 6.45) is 0.214. The van der Waals surface area contributed by atoms with Crippen LogP contribution in [0.1, 0.15) is 33.5 Å². The van der Waals surface area contributed by atoms with Gasteiger partial charge in [0.05, 0.1) is 0 Å². The van der Waals surface area contributed by atoms with Crippen molar-refractivity contribution in [3.05, 3.63) is 63.7 Å². The molecule has 2 aromatic rings. The number of benzene rings is 2. The van der Waals surface area contributed by atoms with Gasteiger partial charge in [-0.15, -0.1) is 0 Å². The molecule has 0 heterocycles. The van der Waals surface area contributed by atoms with Crippen molar-refractivity contribution in [3.63, 3.8) is 0 Å². The molecule has 2 aromatic carbocycles. The second-order valence-corrected chi connectivity index (χ2v) is 6.27. The molecule has 0 aromatic heterocycles. The van der Waals surface area contributed by atoms with Crippen LogP contribution in [0.3, 0.4) is 0 Å². The Morgan fingerprint density at radius 1 is 1.00 bits per heavy atom. The van der Waals surface area contributed by atoms with Crippen molar-refractivity contribution in [2.45, 2.75) is 27.2 Å². The Labute approximate surface area is 147 Å². The highest BCUT2D eigenvalue weighted by molar-refractivity contribution is 6.30. The molecule has 2 N–H and O–H groups in total. The SMILES string of the molecule is Cc1cc(C)c(NC(=O)CCNC(=O)c2ccc(Cl)cc2)c(C)c1. The van der Waals surface area contributed by atoms with Gasteiger partial charge in [0.1, 0.15) is 0 Å². The maximum atomic E-state index is 12.1. The highest BCUT2D eigenvalue weighted by atomic mass is 35.5. The summed E-state index contributed by atoms with van der Waals surface area (Å²) in [7, 11) is 0. The summed E-state index contributed by atoms with van der Waals surface area (Å²) in [5.41, 5.74) is 4.59. The summed E-state index contributed by atoms with van der Waals surface area (Å²) < 4.78 is 0. The third kappa shape index (κ3) is 4.83. The first kappa shape index (κ1) is 18.0. The minimum Gasteiger partial charge on any atom is -0.352 e. The summed E-state index contributed by atoms with van der Waals surface area (Å²) in [5, 5.41) is 6.23. The van der Waals surface area contributed by atoms with Crippen LogP contribution in [0.25, 0.3) is 0 Å². The predicted octanol–water partition coefficient (Wildman–Crippen LogP) is 4.02. The zero-order chi connectivity index (χ0) is 17.7. The van der Waals surface area contributed by atoms with E-state index in [1.54, 1.807) is 24.3 Å².